The van der Waals surface area contributed by atoms with Crippen LogP contribution < -0.4 is 5.32 Å². The van der Waals surface area contributed by atoms with Crippen LogP contribution in [0.5, 0.6) is 0 Å². The Kier molecular flexibility index (Phi) is 3.75. The first-order chi connectivity index (χ1) is 7.65. The summed E-state index contributed by atoms with van der Waals surface area (Å²) in [7, 11) is 0. The molecule has 1 atom stereocenters. The molecular formula is C14H20ClN. The minimum absolute atomic E-state index is 0.560. The molecule has 1 unspecified atom stereocenters. The highest BCUT2D eigenvalue weighted by Gasteiger charge is 2.19. The number of hydrogen-bond acceptors (Lipinski definition) is 1. The lowest BCUT2D eigenvalue weighted by molar-refractivity contribution is 0.286. The predicted octanol–water partition coefficient (Wildman–Crippen LogP) is 4.64. The SMILES string of the molecule is Cc1cc(Cl)ccc1NC(C)CC1CCC1. The Hall–Kier alpha value is -0.690. The largest absolute Gasteiger partial charge is 0.382 e. The molecule has 0 amide bonds. The van der Waals surface area contributed by atoms with Crippen molar-refractivity contribution in [1.29, 1.82) is 0 Å². The van der Waals surface area contributed by atoms with Crippen LogP contribution in [0, 0.1) is 12.8 Å². The van der Waals surface area contributed by atoms with Crippen LogP contribution in [0.25, 0.3) is 0 Å². The van der Waals surface area contributed by atoms with Crippen LogP contribution in [-0.2, 0) is 0 Å². The molecule has 1 saturated carbocycles. The van der Waals surface area contributed by atoms with Gasteiger partial charge in [-0.1, -0.05) is 30.9 Å². The number of rotatable bonds is 4. The number of nitrogens with one attached hydrogen (secondary N) is 1. The maximum Gasteiger partial charge on any atom is 0.0410 e. The van der Waals surface area contributed by atoms with Gasteiger partial charge in [-0.15, -0.1) is 0 Å². The van der Waals surface area contributed by atoms with Crippen LogP contribution in [0.3, 0.4) is 0 Å². The van der Waals surface area contributed by atoms with E-state index in [0.717, 1.165) is 10.9 Å². The summed E-state index contributed by atoms with van der Waals surface area (Å²) in [5.41, 5.74) is 2.45. The number of aryl methyl sites for hydroxylation is 1. The van der Waals surface area contributed by atoms with Crippen molar-refractivity contribution in [3.8, 4) is 0 Å². The molecule has 0 bridgehead atoms. The molecule has 0 radical (unpaired) electrons. The highest BCUT2D eigenvalue weighted by molar-refractivity contribution is 6.30. The minimum Gasteiger partial charge on any atom is -0.382 e. The van der Waals surface area contributed by atoms with E-state index in [-0.39, 0.29) is 0 Å². The Morgan fingerprint density at radius 3 is 2.75 bits per heavy atom. The van der Waals surface area contributed by atoms with E-state index in [2.05, 4.69) is 25.2 Å². The van der Waals surface area contributed by atoms with Crippen molar-refractivity contribution < 1.29 is 0 Å². The zero-order chi connectivity index (χ0) is 11.5. The molecule has 16 heavy (non-hydrogen) atoms. The van der Waals surface area contributed by atoms with E-state index in [1.165, 1.54) is 36.9 Å². The summed E-state index contributed by atoms with van der Waals surface area (Å²) in [6, 6.07) is 6.60. The van der Waals surface area contributed by atoms with Crippen molar-refractivity contribution in [3.05, 3.63) is 28.8 Å². The standard InChI is InChI=1S/C14H20ClN/c1-10-8-13(15)6-7-14(10)16-11(2)9-12-4-3-5-12/h6-8,11-12,16H,3-5,9H2,1-2H3. The van der Waals surface area contributed by atoms with Crippen molar-refractivity contribution in [3.63, 3.8) is 0 Å². The van der Waals surface area contributed by atoms with Gasteiger partial charge in [0.15, 0.2) is 0 Å². The topological polar surface area (TPSA) is 12.0 Å². The molecule has 2 rings (SSSR count). The molecule has 88 valence electrons. The van der Waals surface area contributed by atoms with Crippen molar-refractivity contribution in [1.82, 2.24) is 0 Å². The highest BCUT2D eigenvalue weighted by Crippen LogP contribution is 2.31. The van der Waals surface area contributed by atoms with Crippen LogP contribution in [0.15, 0.2) is 18.2 Å². The molecule has 0 heterocycles. The smallest absolute Gasteiger partial charge is 0.0410 e. The molecule has 2 heteroatoms. The average Bonchev–Trinajstić information content (AvgIpc) is 2.16. The third kappa shape index (κ3) is 2.91. The van der Waals surface area contributed by atoms with Gasteiger partial charge >= 0.3 is 0 Å². The highest BCUT2D eigenvalue weighted by atomic mass is 35.5. The summed E-state index contributed by atoms with van der Waals surface area (Å²) in [5.74, 6) is 0.954. The monoisotopic (exact) mass is 237 g/mol. The summed E-state index contributed by atoms with van der Waals surface area (Å²) in [6.45, 7) is 4.37. The Morgan fingerprint density at radius 2 is 2.19 bits per heavy atom. The van der Waals surface area contributed by atoms with Crippen molar-refractivity contribution in [2.45, 2.75) is 45.6 Å². The van der Waals surface area contributed by atoms with Gasteiger partial charge in [0.25, 0.3) is 0 Å². The van der Waals surface area contributed by atoms with Crippen LogP contribution >= 0.6 is 11.6 Å². The molecular weight excluding hydrogens is 218 g/mol. The van der Waals surface area contributed by atoms with Gasteiger partial charge in [-0.2, -0.15) is 0 Å². The Morgan fingerprint density at radius 1 is 1.44 bits per heavy atom. The van der Waals surface area contributed by atoms with Crippen LogP contribution in [0.1, 0.15) is 38.2 Å². The number of benzene rings is 1. The second-order valence-corrected chi connectivity index (χ2v) is 5.47. The summed E-state index contributed by atoms with van der Waals surface area (Å²) in [6.07, 6.45) is 5.57. The Bertz CT molecular complexity index is 358. The fourth-order valence-corrected chi connectivity index (χ4v) is 2.57. The van der Waals surface area contributed by atoms with Crippen LogP contribution in [0.2, 0.25) is 5.02 Å². The summed E-state index contributed by atoms with van der Waals surface area (Å²) in [5, 5.41) is 4.39. The van der Waals surface area contributed by atoms with Crippen molar-refractivity contribution >= 4 is 17.3 Å². The lowest BCUT2D eigenvalue weighted by Crippen LogP contribution is -2.23. The Balaban J connectivity index is 1.91. The van der Waals surface area contributed by atoms with Gasteiger partial charge < -0.3 is 5.32 Å². The normalized spacial score (nSPS) is 17.9. The molecule has 1 aliphatic carbocycles. The van der Waals surface area contributed by atoms with Crippen LogP contribution in [-0.4, -0.2) is 6.04 Å². The zero-order valence-electron chi connectivity index (χ0n) is 10.1. The van der Waals surface area contributed by atoms with E-state index in [1.807, 2.05) is 12.1 Å². The van der Waals surface area contributed by atoms with E-state index in [9.17, 15) is 0 Å². The van der Waals surface area contributed by atoms with Crippen molar-refractivity contribution in [2.24, 2.45) is 5.92 Å². The first-order valence-electron chi connectivity index (χ1n) is 6.18. The molecule has 1 aromatic rings. The fourth-order valence-electron chi connectivity index (χ4n) is 2.34. The summed E-state index contributed by atoms with van der Waals surface area (Å²) < 4.78 is 0. The van der Waals surface area contributed by atoms with Gasteiger partial charge in [-0.05, 0) is 49.9 Å². The number of hydrogen-bond donors (Lipinski definition) is 1. The molecule has 0 aliphatic heterocycles. The van der Waals surface area contributed by atoms with Crippen molar-refractivity contribution in [2.75, 3.05) is 5.32 Å². The molecule has 1 aliphatic rings. The summed E-state index contributed by atoms with van der Waals surface area (Å²) >= 11 is 5.94. The quantitative estimate of drug-likeness (QED) is 0.805. The van der Waals surface area contributed by atoms with Gasteiger partial charge in [0.2, 0.25) is 0 Å². The second-order valence-electron chi connectivity index (χ2n) is 5.04. The zero-order valence-corrected chi connectivity index (χ0v) is 10.8. The molecule has 0 aromatic heterocycles. The van der Waals surface area contributed by atoms with Crippen LogP contribution in [0.4, 0.5) is 5.69 Å². The molecule has 1 nitrogen and oxygen atoms in total. The van der Waals surface area contributed by atoms with Gasteiger partial charge in [0.1, 0.15) is 0 Å². The fraction of sp³-hybridized carbons (Fsp3) is 0.571. The first-order valence-corrected chi connectivity index (χ1v) is 6.55. The Labute approximate surface area is 103 Å². The molecule has 1 fully saturated rings. The lowest BCUT2D eigenvalue weighted by Gasteiger charge is -2.29. The first kappa shape index (κ1) is 11.8. The average molecular weight is 238 g/mol. The van der Waals surface area contributed by atoms with Gasteiger partial charge in [0.05, 0.1) is 0 Å². The van der Waals surface area contributed by atoms with E-state index in [0.29, 0.717) is 6.04 Å². The predicted molar refractivity (Wildman–Crippen MR) is 71.2 cm³/mol. The molecule has 1 N–H and O–H groups in total. The lowest BCUT2D eigenvalue weighted by atomic mass is 9.81. The molecule has 0 spiro atoms. The molecule has 1 aromatic carbocycles. The van der Waals surface area contributed by atoms with Gasteiger partial charge in [-0.25, -0.2) is 0 Å². The van der Waals surface area contributed by atoms with Gasteiger partial charge in [0, 0.05) is 16.8 Å². The second kappa shape index (κ2) is 5.09. The van der Waals surface area contributed by atoms with E-state index < -0.39 is 0 Å². The van der Waals surface area contributed by atoms with E-state index in [1.54, 1.807) is 0 Å². The minimum atomic E-state index is 0.560. The third-order valence-corrected chi connectivity index (χ3v) is 3.74. The maximum absolute atomic E-state index is 5.94. The third-order valence-electron chi connectivity index (χ3n) is 3.50. The van der Waals surface area contributed by atoms with Gasteiger partial charge in [-0.3, -0.25) is 0 Å². The summed E-state index contributed by atoms with van der Waals surface area (Å²) in [4.78, 5) is 0. The molecule has 0 saturated heterocycles. The van der Waals surface area contributed by atoms with E-state index >= 15 is 0 Å². The number of anilines is 1. The number of halogens is 1. The van der Waals surface area contributed by atoms with E-state index in [4.69, 9.17) is 11.6 Å². The maximum atomic E-state index is 5.94.